The predicted molar refractivity (Wildman–Crippen MR) is 64.0 cm³/mol. The maximum Gasteiger partial charge on any atom is 0.129 e. The first-order valence-corrected chi connectivity index (χ1v) is 5.67. The Balaban J connectivity index is 2.72. The fraction of sp³-hybridized carbons (Fsp3) is 0.538. The van der Waals surface area contributed by atoms with Crippen molar-refractivity contribution < 1.29 is 9.50 Å². The van der Waals surface area contributed by atoms with Gasteiger partial charge in [0.05, 0.1) is 0 Å². The van der Waals surface area contributed by atoms with Crippen molar-refractivity contribution in [1.29, 1.82) is 0 Å². The van der Waals surface area contributed by atoms with Gasteiger partial charge in [0.2, 0.25) is 0 Å². The summed E-state index contributed by atoms with van der Waals surface area (Å²) < 4.78 is 13.4. The minimum atomic E-state index is -0.119. The van der Waals surface area contributed by atoms with E-state index in [1.165, 1.54) is 0 Å². The van der Waals surface area contributed by atoms with Gasteiger partial charge in [-0.05, 0) is 50.4 Å². The fourth-order valence-electron chi connectivity index (χ4n) is 1.74. The van der Waals surface area contributed by atoms with Gasteiger partial charge in [-0.2, -0.15) is 0 Å². The first-order valence-electron chi connectivity index (χ1n) is 5.67. The highest BCUT2D eigenvalue weighted by Crippen LogP contribution is 2.19. The summed E-state index contributed by atoms with van der Waals surface area (Å²) in [7, 11) is 0. The molecule has 1 unspecified atom stereocenters. The van der Waals surface area contributed by atoms with Gasteiger partial charge in [0.1, 0.15) is 5.82 Å². The maximum absolute atomic E-state index is 13.4. The lowest BCUT2D eigenvalue weighted by atomic mass is 10.0. The number of aryl methyl sites for hydroxylation is 2. The number of aliphatic hydroxyl groups is 1. The quantitative estimate of drug-likeness (QED) is 0.754. The van der Waals surface area contributed by atoms with Crippen LogP contribution in [-0.2, 0) is 0 Å². The van der Waals surface area contributed by atoms with Crippen LogP contribution in [0.2, 0.25) is 0 Å². The average molecular weight is 225 g/mol. The van der Waals surface area contributed by atoms with Crippen LogP contribution in [0.25, 0.3) is 0 Å². The molecule has 1 aromatic carbocycles. The van der Waals surface area contributed by atoms with Crippen LogP contribution in [0.4, 0.5) is 4.39 Å². The van der Waals surface area contributed by atoms with E-state index in [4.69, 9.17) is 5.11 Å². The molecule has 2 N–H and O–H groups in total. The molecule has 16 heavy (non-hydrogen) atoms. The topological polar surface area (TPSA) is 32.3 Å². The zero-order valence-electron chi connectivity index (χ0n) is 10.2. The van der Waals surface area contributed by atoms with Crippen molar-refractivity contribution >= 4 is 0 Å². The van der Waals surface area contributed by atoms with Gasteiger partial charge in [0.25, 0.3) is 0 Å². The summed E-state index contributed by atoms with van der Waals surface area (Å²) >= 11 is 0. The van der Waals surface area contributed by atoms with Crippen molar-refractivity contribution in [3.8, 4) is 0 Å². The summed E-state index contributed by atoms with van der Waals surface area (Å²) in [5.74, 6) is -0.119. The molecule has 1 aromatic rings. The lowest BCUT2D eigenvalue weighted by molar-refractivity contribution is 0.284. The molecule has 0 saturated heterocycles. The van der Waals surface area contributed by atoms with Gasteiger partial charge in [0, 0.05) is 12.6 Å². The standard InChI is InChI=1S/C13H20FNO/c1-9-7-12(8-10(2)13(9)14)11(3)15-5-4-6-16/h7-8,11,15-16H,4-6H2,1-3H3. The summed E-state index contributed by atoms with van der Waals surface area (Å²) in [6.45, 7) is 6.58. The average Bonchev–Trinajstić information content (AvgIpc) is 2.25. The van der Waals surface area contributed by atoms with Crippen molar-refractivity contribution in [3.05, 3.63) is 34.6 Å². The molecule has 0 amide bonds. The minimum absolute atomic E-state index is 0.119. The third kappa shape index (κ3) is 3.29. The van der Waals surface area contributed by atoms with Crippen molar-refractivity contribution in [1.82, 2.24) is 5.32 Å². The van der Waals surface area contributed by atoms with Gasteiger partial charge in [-0.25, -0.2) is 4.39 Å². The van der Waals surface area contributed by atoms with Gasteiger partial charge < -0.3 is 10.4 Å². The van der Waals surface area contributed by atoms with Gasteiger partial charge in [-0.1, -0.05) is 12.1 Å². The minimum Gasteiger partial charge on any atom is -0.396 e. The SMILES string of the molecule is Cc1cc(C(C)NCCCO)cc(C)c1F. The van der Waals surface area contributed by atoms with E-state index in [0.717, 1.165) is 18.5 Å². The van der Waals surface area contributed by atoms with E-state index >= 15 is 0 Å². The van der Waals surface area contributed by atoms with Crippen molar-refractivity contribution in [3.63, 3.8) is 0 Å². The van der Waals surface area contributed by atoms with Crippen LogP contribution in [-0.4, -0.2) is 18.3 Å². The number of aliphatic hydroxyl groups excluding tert-OH is 1. The fourth-order valence-corrected chi connectivity index (χ4v) is 1.74. The van der Waals surface area contributed by atoms with Gasteiger partial charge in [-0.3, -0.25) is 0 Å². The molecule has 0 spiro atoms. The smallest absolute Gasteiger partial charge is 0.129 e. The van der Waals surface area contributed by atoms with Crippen LogP contribution in [0.1, 0.15) is 36.1 Å². The Morgan fingerprint density at radius 2 is 1.88 bits per heavy atom. The Morgan fingerprint density at radius 3 is 2.38 bits per heavy atom. The highest BCUT2D eigenvalue weighted by Gasteiger charge is 2.09. The van der Waals surface area contributed by atoms with Crippen LogP contribution >= 0.6 is 0 Å². The summed E-state index contributed by atoms with van der Waals surface area (Å²) in [6, 6.07) is 3.93. The lowest BCUT2D eigenvalue weighted by Gasteiger charge is -2.16. The van der Waals surface area contributed by atoms with Crippen molar-refractivity contribution in [2.75, 3.05) is 13.2 Å². The molecule has 1 rings (SSSR count). The first kappa shape index (κ1) is 13.1. The Morgan fingerprint density at radius 1 is 1.31 bits per heavy atom. The lowest BCUT2D eigenvalue weighted by Crippen LogP contribution is -2.20. The third-order valence-corrected chi connectivity index (χ3v) is 2.74. The first-order chi connectivity index (χ1) is 7.56. The zero-order valence-corrected chi connectivity index (χ0v) is 10.2. The van der Waals surface area contributed by atoms with Crippen molar-refractivity contribution in [2.24, 2.45) is 0 Å². The monoisotopic (exact) mass is 225 g/mol. The summed E-state index contributed by atoms with van der Waals surface area (Å²) in [5.41, 5.74) is 2.46. The molecule has 0 saturated carbocycles. The second-order valence-corrected chi connectivity index (χ2v) is 4.22. The van der Waals surface area contributed by atoms with E-state index in [9.17, 15) is 4.39 Å². The molecule has 0 bridgehead atoms. The van der Waals surface area contributed by atoms with Crippen LogP contribution in [0.15, 0.2) is 12.1 Å². The number of halogens is 1. The number of hydrogen-bond acceptors (Lipinski definition) is 2. The molecule has 0 fully saturated rings. The molecule has 0 aliphatic heterocycles. The van der Waals surface area contributed by atoms with E-state index in [1.54, 1.807) is 13.8 Å². The molecule has 0 radical (unpaired) electrons. The van der Waals surface area contributed by atoms with Gasteiger partial charge in [0.15, 0.2) is 0 Å². The Bertz CT molecular complexity index is 329. The molecular weight excluding hydrogens is 205 g/mol. The highest BCUT2D eigenvalue weighted by atomic mass is 19.1. The van der Waals surface area contributed by atoms with E-state index in [1.807, 2.05) is 19.1 Å². The van der Waals surface area contributed by atoms with E-state index in [2.05, 4.69) is 5.32 Å². The Labute approximate surface area is 96.5 Å². The highest BCUT2D eigenvalue weighted by molar-refractivity contribution is 5.32. The summed E-state index contributed by atoms with van der Waals surface area (Å²) in [4.78, 5) is 0. The Kier molecular flexibility index (Phi) is 4.90. The molecule has 0 aliphatic carbocycles. The number of hydrogen-bond donors (Lipinski definition) is 2. The predicted octanol–water partition coefficient (Wildman–Crippen LogP) is 2.48. The van der Waals surface area contributed by atoms with Crippen LogP contribution < -0.4 is 5.32 Å². The third-order valence-electron chi connectivity index (χ3n) is 2.74. The molecule has 0 heterocycles. The van der Waals surface area contributed by atoms with Crippen LogP contribution in [0.5, 0.6) is 0 Å². The van der Waals surface area contributed by atoms with Crippen LogP contribution in [0.3, 0.4) is 0 Å². The molecule has 2 nitrogen and oxygen atoms in total. The number of benzene rings is 1. The molecule has 0 aliphatic rings. The van der Waals surface area contributed by atoms with E-state index in [-0.39, 0.29) is 18.5 Å². The molecule has 0 aromatic heterocycles. The molecule has 1 atom stereocenters. The number of rotatable bonds is 5. The van der Waals surface area contributed by atoms with E-state index < -0.39 is 0 Å². The normalized spacial score (nSPS) is 12.8. The van der Waals surface area contributed by atoms with Gasteiger partial charge >= 0.3 is 0 Å². The van der Waals surface area contributed by atoms with E-state index in [0.29, 0.717) is 11.1 Å². The second kappa shape index (κ2) is 5.97. The second-order valence-electron chi connectivity index (χ2n) is 4.22. The molecule has 90 valence electrons. The van der Waals surface area contributed by atoms with Gasteiger partial charge in [-0.15, -0.1) is 0 Å². The largest absolute Gasteiger partial charge is 0.396 e. The maximum atomic E-state index is 13.4. The van der Waals surface area contributed by atoms with Crippen molar-refractivity contribution in [2.45, 2.75) is 33.2 Å². The zero-order chi connectivity index (χ0) is 12.1. The summed E-state index contributed by atoms with van der Waals surface area (Å²) in [5, 5.41) is 12.0. The molecular formula is C13H20FNO. The Hall–Kier alpha value is -0.930. The molecule has 3 heteroatoms. The van der Waals surface area contributed by atoms with Crippen LogP contribution in [0, 0.1) is 19.7 Å². The number of nitrogens with one attached hydrogen (secondary N) is 1. The summed E-state index contributed by atoms with van der Waals surface area (Å²) in [6.07, 6.45) is 0.740.